The fourth-order valence-corrected chi connectivity index (χ4v) is 1.69. The van der Waals surface area contributed by atoms with Gasteiger partial charge < -0.3 is 14.7 Å². The van der Waals surface area contributed by atoms with Crippen molar-refractivity contribution in [2.75, 3.05) is 27.2 Å². The van der Waals surface area contributed by atoms with Gasteiger partial charge in [0.05, 0.1) is 0 Å². The van der Waals surface area contributed by atoms with Crippen molar-refractivity contribution in [2.45, 2.75) is 6.92 Å². The van der Waals surface area contributed by atoms with Gasteiger partial charge in [0.15, 0.2) is 5.82 Å². The number of ether oxygens (including phenoxy) is 1. The van der Waals surface area contributed by atoms with Crippen molar-refractivity contribution in [3.63, 3.8) is 0 Å². The third kappa shape index (κ3) is 6.05. The first-order valence-corrected chi connectivity index (χ1v) is 6.47. The monoisotopic (exact) mass is 345 g/mol. The minimum absolute atomic E-state index is 0. The topological polar surface area (TPSA) is 58.5 Å². The summed E-state index contributed by atoms with van der Waals surface area (Å²) in [6.45, 7) is 3.32. The van der Waals surface area contributed by atoms with Crippen molar-refractivity contribution in [3.05, 3.63) is 36.0 Å². The summed E-state index contributed by atoms with van der Waals surface area (Å²) in [5, 5.41) is 9.31. The number of aryl methyl sites for hydroxylation is 1. The molecule has 1 aromatic carbocycles. The number of phenols is 1. The summed E-state index contributed by atoms with van der Waals surface area (Å²) in [5.74, 6) is 1.40. The SMILES string of the molecule is Cc1cc(OCCN(C)C)nc(-c2ccc(O)cc2)n1.Cl.Cl. The van der Waals surface area contributed by atoms with E-state index in [0.29, 0.717) is 18.3 Å². The van der Waals surface area contributed by atoms with Crippen molar-refractivity contribution in [2.24, 2.45) is 0 Å². The zero-order chi connectivity index (χ0) is 14.5. The second-order valence-electron chi connectivity index (χ2n) is 4.87. The average Bonchev–Trinajstić information content (AvgIpc) is 2.38. The summed E-state index contributed by atoms with van der Waals surface area (Å²) in [4.78, 5) is 10.8. The van der Waals surface area contributed by atoms with Crippen LogP contribution in [0.3, 0.4) is 0 Å². The molecule has 2 rings (SSSR count). The quantitative estimate of drug-likeness (QED) is 0.902. The summed E-state index contributed by atoms with van der Waals surface area (Å²) in [6.07, 6.45) is 0. The van der Waals surface area contributed by atoms with Crippen LogP contribution in [0.1, 0.15) is 5.69 Å². The van der Waals surface area contributed by atoms with Gasteiger partial charge >= 0.3 is 0 Å². The zero-order valence-corrected chi connectivity index (χ0v) is 14.4. The van der Waals surface area contributed by atoms with Crippen LogP contribution in [-0.4, -0.2) is 47.2 Å². The van der Waals surface area contributed by atoms with E-state index in [1.807, 2.05) is 27.1 Å². The van der Waals surface area contributed by atoms with Crippen molar-refractivity contribution >= 4 is 24.8 Å². The lowest BCUT2D eigenvalue weighted by Gasteiger charge is -2.11. The van der Waals surface area contributed by atoms with E-state index in [9.17, 15) is 5.11 Å². The van der Waals surface area contributed by atoms with Crippen LogP contribution in [0, 0.1) is 6.92 Å². The lowest BCUT2D eigenvalue weighted by molar-refractivity contribution is 0.253. The van der Waals surface area contributed by atoms with Crippen LogP contribution in [0.4, 0.5) is 0 Å². The molecule has 0 aliphatic carbocycles. The Hall–Kier alpha value is -1.56. The molecule has 1 N–H and O–H groups in total. The predicted octanol–water partition coefficient (Wildman–Crippen LogP) is 2.94. The maximum Gasteiger partial charge on any atom is 0.217 e. The van der Waals surface area contributed by atoms with Crippen molar-refractivity contribution in [1.29, 1.82) is 0 Å². The largest absolute Gasteiger partial charge is 0.508 e. The predicted molar refractivity (Wildman–Crippen MR) is 92.4 cm³/mol. The smallest absolute Gasteiger partial charge is 0.217 e. The molecule has 1 aromatic heterocycles. The molecule has 7 heteroatoms. The highest BCUT2D eigenvalue weighted by Gasteiger charge is 2.06. The molecule has 0 aliphatic heterocycles. The summed E-state index contributed by atoms with van der Waals surface area (Å²) < 4.78 is 5.64. The molecule has 5 nitrogen and oxygen atoms in total. The first kappa shape index (κ1) is 20.4. The van der Waals surface area contributed by atoms with Crippen LogP contribution in [0.2, 0.25) is 0 Å². The van der Waals surface area contributed by atoms with Gasteiger partial charge in [-0.25, -0.2) is 4.98 Å². The Morgan fingerprint density at radius 2 is 1.73 bits per heavy atom. The summed E-state index contributed by atoms with van der Waals surface area (Å²) in [6, 6.07) is 8.63. The molecular weight excluding hydrogens is 325 g/mol. The van der Waals surface area contributed by atoms with Crippen molar-refractivity contribution in [1.82, 2.24) is 14.9 Å². The highest BCUT2D eigenvalue weighted by atomic mass is 35.5. The summed E-state index contributed by atoms with van der Waals surface area (Å²) in [7, 11) is 3.99. The van der Waals surface area contributed by atoms with Gasteiger partial charge in [-0.1, -0.05) is 0 Å². The number of likely N-dealkylation sites (N-methyl/N-ethyl adjacent to an activating group) is 1. The van der Waals surface area contributed by atoms with Crippen LogP contribution >= 0.6 is 24.8 Å². The maximum absolute atomic E-state index is 9.31. The number of phenolic OH excluding ortho intramolecular Hbond substituents is 1. The molecule has 122 valence electrons. The first-order chi connectivity index (χ1) is 9.54. The van der Waals surface area contributed by atoms with Crippen molar-refractivity contribution in [3.8, 4) is 23.0 Å². The van der Waals surface area contributed by atoms with Gasteiger partial charge in [-0.15, -0.1) is 24.8 Å². The normalized spacial score (nSPS) is 9.82. The molecule has 22 heavy (non-hydrogen) atoms. The minimum Gasteiger partial charge on any atom is -0.508 e. The van der Waals surface area contributed by atoms with Crippen LogP contribution in [0.5, 0.6) is 11.6 Å². The fraction of sp³-hybridized carbons (Fsp3) is 0.333. The number of rotatable bonds is 5. The second-order valence-corrected chi connectivity index (χ2v) is 4.87. The molecule has 2 aromatic rings. The van der Waals surface area contributed by atoms with Crippen LogP contribution < -0.4 is 4.74 Å². The van der Waals surface area contributed by atoms with E-state index in [2.05, 4.69) is 14.9 Å². The zero-order valence-electron chi connectivity index (χ0n) is 12.8. The molecule has 0 radical (unpaired) electrons. The Balaban J connectivity index is 0.00000220. The number of halogens is 2. The van der Waals surface area contributed by atoms with E-state index in [1.165, 1.54) is 0 Å². The van der Waals surface area contributed by atoms with Gasteiger partial charge in [0.2, 0.25) is 5.88 Å². The lowest BCUT2D eigenvalue weighted by Crippen LogP contribution is -2.19. The van der Waals surface area contributed by atoms with E-state index in [-0.39, 0.29) is 30.6 Å². The molecule has 0 amide bonds. The molecule has 0 bridgehead atoms. The van der Waals surface area contributed by atoms with E-state index < -0.39 is 0 Å². The second kappa shape index (κ2) is 9.46. The lowest BCUT2D eigenvalue weighted by atomic mass is 10.2. The van der Waals surface area contributed by atoms with E-state index >= 15 is 0 Å². The number of hydrogen-bond acceptors (Lipinski definition) is 5. The third-order valence-electron chi connectivity index (χ3n) is 2.74. The van der Waals surface area contributed by atoms with Crippen LogP contribution in [-0.2, 0) is 0 Å². The number of hydrogen-bond donors (Lipinski definition) is 1. The molecule has 0 atom stereocenters. The average molecular weight is 346 g/mol. The Labute approximate surface area is 143 Å². The highest BCUT2D eigenvalue weighted by Crippen LogP contribution is 2.21. The number of benzene rings is 1. The molecule has 1 heterocycles. The molecule has 0 saturated carbocycles. The summed E-state index contributed by atoms with van der Waals surface area (Å²) >= 11 is 0. The molecule has 0 spiro atoms. The van der Waals surface area contributed by atoms with Crippen LogP contribution in [0.25, 0.3) is 11.4 Å². The van der Waals surface area contributed by atoms with E-state index in [0.717, 1.165) is 17.8 Å². The van der Waals surface area contributed by atoms with Crippen LogP contribution in [0.15, 0.2) is 30.3 Å². The number of aromatic hydroxyl groups is 1. The summed E-state index contributed by atoms with van der Waals surface area (Å²) in [5.41, 5.74) is 1.70. The third-order valence-corrected chi connectivity index (χ3v) is 2.74. The van der Waals surface area contributed by atoms with Gasteiger partial charge in [0.1, 0.15) is 12.4 Å². The molecule has 0 fully saturated rings. The molecule has 0 saturated heterocycles. The van der Waals surface area contributed by atoms with Gasteiger partial charge in [-0.05, 0) is 45.3 Å². The van der Waals surface area contributed by atoms with E-state index in [1.54, 1.807) is 24.3 Å². The number of nitrogens with zero attached hydrogens (tertiary/aromatic N) is 3. The Bertz CT molecular complexity index is 578. The van der Waals surface area contributed by atoms with Gasteiger partial charge in [-0.3, -0.25) is 0 Å². The first-order valence-electron chi connectivity index (χ1n) is 6.47. The maximum atomic E-state index is 9.31. The van der Waals surface area contributed by atoms with E-state index in [4.69, 9.17) is 4.74 Å². The van der Waals surface area contributed by atoms with Gasteiger partial charge in [-0.2, -0.15) is 4.98 Å². The minimum atomic E-state index is 0. The molecule has 0 aliphatic rings. The Morgan fingerprint density at radius 3 is 2.32 bits per heavy atom. The fourth-order valence-electron chi connectivity index (χ4n) is 1.69. The highest BCUT2D eigenvalue weighted by molar-refractivity contribution is 5.85. The standard InChI is InChI=1S/C15H19N3O2.2ClH/c1-11-10-14(20-9-8-18(2)3)17-15(16-11)12-4-6-13(19)7-5-12;;/h4-7,10,19H,8-9H2,1-3H3;2*1H. The van der Waals surface area contributed by atoms with Gasteiger partial charge in [0, 0.05) is 23.9 Å². The Morgan fingerprint density at radius 1 is 1.09 bits per heavy atom. The molecule has 0 unspecified atom stereocenters. The Kier molecular flexibility index (Phi) is 8.79. The van der Waals surface area contributed by atoms with Gasteiger partial charge in [0.25, 0.3) is 0 Å². The number of aromatic nitrogens is 2. The van der Waals surface area contributed by atoms with Crippen molar-refractivity contribution < 1.29 is 9.84 Å². The molecular formula is C15H21Cl2N3O2.